The van der Waals surface area contributed by atoms with Crippen LogP contribution in [0.25, 0.3) is 22.0 Å². The molecule has 10 heteroatoms. The highest BCUT2D eigenvalue weighted by atomic mass is 31.2. The minimum absolute atomic E-state index is 0.0696. The van der Waals surface area contributed by atoms with Crippen LogP contribution in [0.5, 0.6) is 11.5 Å². The summed E-state index contributed by atoms with van der Waals surface area (Å²) in [7, 11) is -7.59. The van der Waals surface area contributed by atoms with Gasteiger partial charge in [-0.25, -0.2) is 4.57 Å². The molecule has 0 amide bonds. The number of phosphoric acid groups is 1. The van der Waals surface area contributed by atoms with Crippen LogP contribution in [-0.2, 0) is 4.57 Å². The molecule has 0 bridgehead atoms. The molecule has 0 saturated heterocycles. The number of nitrogens with zero attached hydrogens (tertiary/aromatic N) is 1. The number of para-hydroxylation sites is 1. The van der Waals surface area contributed by atoms with E-state index in [0.29, 0.717) is 16.7 Å². The molecule has 0 aliphatic rings. The second kappa shape index (κ2) is 8.13. The number of benzene rings is 2. The summed E-state index contributed by atoms with van der Waals surface area (Å²) < 4.78 is 21.5. The first-order valence-electron chi connectivity index (χ1n) is 8.28. The van der Waals surface area contributed by atoms with Gasteiger partial charge in [0.2, 0.25) is 0 Å². The molecular weight excluding hydrogens is 404 g/mol. The van der Waals surface area contributed by atoms with E-state index in [1.165, 1.54) is 6.07 Å². The molecule has 8 nitrogen and oxygen atoms in total. The summed E-state index contributed by atoms with van der Waals surface area (Å²) in [5.41, 5.74) is 2.26. The van der Waals surface area contributed by atoms with E-state index in [9.17, 15) is 24.1 Å². The lowest BCUT2D eigenvalue weighted by Crippen LogP contribution is -2.01. The maximum Gasteiger partial charge on any atom is 0.524 e. The average molecular weight is 423 g/mol. The summed E-state index contributed by atoms with van der Waals surface area (Å²) in [5.74, 6) is -0.295. The van der Waals surface area contributed by atoms with Crippen LogP contribution in [0.4, 0.5) is 0 Å². The number of rotatable bonds is 6. The summed E-state index contributed by atoms with van der Waals surface area (Å²) in [4.78, 5) is 41.6. The maximum absolute atomic E-state index is 11.5. The Bertz CT molecular complexity index is 1050. The van der Waals surface area contributed by atoms with Gasteiger partial charge in [0.15, 0.2) is 0 Å². The van der Waals surface area contributed by atoms with E-state index in [0.717, 1.165) is 10.9 Å². The van der Waals surface area contributed by atoms with Gasteiger partial charge in [-0.1, -0.05) is 32.0 Å². The Labute approximate surface area is 162 Å². The molecule has 0 aliphatic heterocycles. The molecule has 0 fully saturated rings. The van der Waals surface area contributed by atoms with E-state index in [1.54, 1.807) is 26.1 Å². The van der Waals surface area contributed by atoms with Crippen molar-refractivity contribution in [2.24, 2.45) is 0 Å². The first kappa shape index (κ1) is 20.7. The van der Waals surface area contributed by atoms with Gasteiger partial charge in [-0.2, -0.15) is 0 Å². The quantitative estimate of drug-likeness (QED) is 0.437. The third-order valence-electron chi connectivity index (χ3n) is 4.00. The van der Waals surface area contributed by atoms with E-state index in [1.807, 2.05) is 30.3 Å². The minimum Gasteiger partial charge on any atom is -0.427 e. The van der Waals surface area contributed by atoms with Crippen molar-refractivity contribution in [1.82, 2.24) is 4.98 Å². The Morgan fingerprint density at radius 1 is 1.04 bits per heavy atom. The zero-order valence-electron chi connectivity index (χ0n) is 15.1. The first-order valence-corrected chi connectivity index (χ1v) is 11.0. The van der Waals surface area contributed by atoms with Crippen LogP contribution in [0.1, 0.15) is 25.3 Å². The van der Waals surface area contributed by atoms with E-state index in [-0.39, 0.29) is 17.4 Å². The summed E-state index contributed by atoms with van der Waals surface area (Å²) in [6.45, 7) is 3.53. The molecular formula is C18H19NO7P2. The molecule has 4 N–H and O–H groups in total. The predicted molar refractivity (Wildman–Crippen MR) is 106 cm³/mol. The number of hydrogen-bond acceptors (Lipinski definition) is 6. The normalized spacial score (nSPS) is 12.0. The van der Waals surface area contributed by atoms with Gasteiger partial charge in [0, 0.05) is 22.7 Å². The predicted octanol–water partition coefficient (Wildman–Crippen LogP) is 4.09. The van der Waals surface area contributed by atoms with Crippen LogP contribution >= 0.6 is 16.4 Å². The fourth-order valence-corrected chi connectivity index (χ4v) is 3.67. The molecule has 0 aliphatic carbocycles. The first-order chi connectivity index (χ1) is 13.1. The average Bonchev–Trinajstić information content (AvgIpc) is 2.58. The van der Waals surface area contributed by atoms with Gasteiger partial charge in [-0.3, -0.25) is 14.8 Å². The van der Waals surface area contributed by atoms with Crippen molar-refractivity contribution in [3.8, 4) is 22.6 Å². The van der Waals surface area contributed by atoms with Crippen LogP contribution in [0, 0.1) is 0 Å². The summed E-state index contributed by atoms with van der Waals surface area (Å²) in [6.07, 6.45) is 1.61. The summed E-state index contributed by atoms with van der Waals surface area (Å²) in [6, 6.07) is 12.4. The maximum atomic E-state index is 11.5. The zero-order valence-corrected chi connectivity index (χ0v) is 16.8. The Morgan fingerprint density at radius 3 is 2.36 bits per heavy atom. The Balaban J connectivity index is 2.21. The molecule has 0 atom stereocenters. The molecule has 3 aromatic rings. The topological polar surface area (TPSA) is 129 Å². The highest BCUT2D eigenvalue weighted by molar-refractivity contribution is 7.46. The Kier molecular flexibility index (Phi) is 6.01. The fraction of sp³-hybridized carbons (Fsp3) is 0.167. The van der Waals surface area contributed by atoms with Gasteiger partial charge in [-0.15, -0.1) is 0 Å². The van der Waals surface area contributed by atoms with E-state index in [4.69, 9.17) is 9.05 Å². The van der Waals surface area contributed by atoms with Crippen molar-refractivity contribution in [3.05, 3.63) is 54.2 Å². The number of phosphoric ester groups is 1. The van der Waals surface area contributed by atoms with Crippen molar-refractivity contribution in [2.75, 3.05) is 0 Å². The van der Waals surface area contributed by atoms with Crippen molar-refractivity contribution in [1.29, 1.82) is 0 Å². The second-order valence-electron chi connectivity index (χ2n) is 6.38. The second-order valence-corrected chi connectivity index (χ2v) is 8.24. The molecule has 28 heavy (non-hydrogen) atoms. The Hall–Kier alpha value is -2.05. The van der Waals surface area contributed by atoms with Gasteiger partial charge in [0.05, 0.1) is 5.52 Å². The Morgan fingerprint density at radius 2 is 1.71 bits per heavy atom. The van der Waals surface area contributed by atoms with E-state index < -0.39 is 16.4 Å². The fourth-order valence-electron chi connectivity index (χ4n) is 2.93. The molecule has 0 radical (unpaired) electrons. The third kappa shape index (κ3) is 4.86. The van der Waals surface area contributed by atoms with Crippen LogP contribution < -0.4 is 9.05 Å². The molecule has 2 aromatic carbocycles. The van der Waals surface area contributed by atoms with Crippen molar-refractivity contribution in [2.45, 2.75) is 19.8 Å². The van der Waals surface area contributed by atoms with Crippen LogP contribution in [0.3, 0.4) is 0 Å². The molecule has 0 saturated carbocycles. The molecule has 3 rings (SSSR count). The lowest BCUT2D eigenvalue weighted by Gasteiger charge is -2.20. The largest absolute Gasteiger partial charge is 0.524 e. The lowest BCUT2D eigenvalue weighted by molar-refractivity contribution is 0.281. The SMILES string of the molecule is CC(C)c1c(OP(O)O)cc(-c2cnc3ccccc3c2)cc1OP(=O)(O)O. The van der Waals surface area contributed by atoms with Gasteiger partial charge in [-0.05, 0) is 35.7 Å². The number of aromatic nitrogens is 1. The molecule has 148 valence electrons. The van der Waals surface area contributed by atoms with Gasteiger partial charge in [0.1, 0.15) is 11.5 Å². The summed E-state index contributed by atoms with van der Waals surface area (Å²) >= 11 is 0. The molecule has 0 unspecified atom stereocenters. The van der Waals surface area contributed by atoms with E-state index in [2.05, 4.69) is 4.98 Å². The van der Waals surface area contributed by atoms with Gasteiger partial charge < -0.3 is 18.8 Å². The number of hydrogen-bond donors (Lipinski definition) is 4. The standard InChI is InChI=1S/C18H19NO7P2/c1-11(2)18-16(25-27(20)21)8-13(9-17(18)26-28(22,23)24)14-7-12-5-3-4-6-15(12)19-10-14/h3-11,20-21H,1-2H3,(H2,22,23,24). The summed E-state index contributed by atoms with van der Waals surface area (Å²) in [5, 5.41) is 0.874. The van der Waals surface area contributed by atoms with E-state index >= 15 is 0 Å². The number of fused-ring (bicyclic) bond motifs is 1. The number of pyridine rings is 1. The monoisotopic (exact) mass is 423 g/mol. The molecule has 1 aromatic heterocycles. The van der Waals surface area contributed by atoms with Crippen LogP contribution in [0.2, 0.25) is 0 Å². The van der Waals surface area contributed by atoms with Gasteiger partial charge in [0.25, 0.3) is 0 Å². The van der Waals surface area contributed by atoms with Crippen LogP contribution in [0.15, 0.2) is 48.7 Å². The van der Waals surface area contributed by atoms with Gasteiger partial charge >= 0.3 is 16.4 Å². The highest BCUT2D eigenvalue weighted by Crippen LogP contribution is 2.48. The molecule has 1 heterocycles. The highest BCUT2D eigenvalue weighted by Gasteiger charge is 2.25. The van der Waals surface area contributed by atoms with Crippen LogP contribution in [-0.4, -0.2) is 24.6 Å². The lowest BCUT2D eigenvalue weighted by atomic mass is 9.96. The molecule has 0 spiro atoms. The third-order valence-corrected chi connectivity index (χ3v) is 4.80. The van der Waals surface area contributed by atoms with Crippen molar-refractivity contribution >= 4 is 27.3 Å². The van der Waals surface area contributed by atoms with Crippen molar-refractivity contribution < 1.29 is 33.2 Å². The zero-order chi connectivity index (χ0) is 20.5. The minimum atomic E-state index is -4.85. The van der Waals surface area contributed by atoms with Crippen molar-refractivity contribution in [3.63, 3.8) is 0 Å². The smallest absolute Gasteiger partial charge is 0.427 e.